The Hall–Kier alpha value is -2.96. The number of hydrogen-bond acceptors (Lipinski definition) is 4. The Balaban J connectivity index is 1.60. The van der Waals surface area contributed by atoms with Gasteiger partial charge in [-0.05, 0) is 42.9 Å². The Bertz CT molecular complexity index is 1200. The second-order valence-electron chi connectivity index (χ2n) is 8.92. The van der Waals surface area contributed by atoms with E-state index in [1.165, 1.54) is 18.2 Å². The lowest BCUT2D eigenvalue weighted by Crippen LogP contribution is -2.57. The zero-order valence-corrected chi connectivity index (χ0v) is 19.9. The number of allylic oxidation sites excluding steroid dienone is 2. The molecule has 2 fully saturated rings. The summed E-state index contributed by atoms with van der Waals surface area (Å²) in [5.41, 5.74) is 0.444. The van der Waals surface area contributed by atoms with Gasteiger partial charge in [0.1, 0.15) is 6.04 Å². The van der Waals surface area contributed by atoms with E-state index in [0.717, 1.165) is 16.4 Å². The topological polar surface area (TPSA) is 74.8 Å². The van der Waals surface area contributed by atoms with Gasteiger partial charge in [-0.3, -0.25) is 19.2 Å². The molecule has 0 N–H and O–H groups in total. The summed E-state index contributed by atoms with van der Waals surface area (Å²) in [5.74, 6) is -3.02. The first-order valence-corrected chi connectivity index (χ1v) is 12.0. The highest BCUT2D eigenvalue weighted by Crippen LogP contribution is 2.53. The van der Waals surface area contributed by atoms with Crippen LogP contribution in [0.2, 0.25) is 10.0 Å². The molecule has 6 nitrogen and oxygen atoms in total. The van der Waals surface area contributed by atoms with Crippen molar-refractivity contribution < 1.29 is 19.2 Å². The van der Waals surface area contributed by atoms with Gasteiger partial charge >= 0.3 is 0 Å². The molecule has 34 heavy (non-hydrogen) atoms. The van der Waals surface area contributed by atoms with Crippen LogP contribution in [0, 0.1) is 23.7 Å². The van der Waals surface area contributed by atoms with E-state index in [1.54, 1.807) is 37.3 Å². The molecule has 3 amide bonds. The van der Waals surface area contributed by atoms with Gasteiger partial charge in [-0.15, -0.1) is 0 Å². The Labute approximate surface area is 207 Å². The van der Waals surface area contributed by atoms with E-state index in [2.05, 4.69) is 0 Å². The highest BCUT2D eigenvalue weighted by Gasteiger charge is 2.62. The van der Waals surface area contributed by atoms with Crippen molar-refractivity contribution in [1.82, 2.24) is 10.0 Å². The number of Topliss-reactive ketones (excluding diaryl/α,β-unsaturated/α-hetero) is 1. The summed E-state index contributed by atoms with van der Waals surface area (Å²) in [6.07, 6.45) is 4.92. The van der Waals surface area contributed by atoms with Crippen LogP contribution in [0.3, 0.4) is 0 Å². The fraction of sp³-hybridized carbons (Fsp3) is 0.308. The van der Waals surface area contributed by atoms with E-state index in [4.69, 9.17) is 23.2 Å². The van der Waals surface area contributed by atoms with Crippen molar-refractivity contribution in [3.63, 3.8) is 0 Å². The number of rotatable bonds is 6. The minimum atomic E-state index is -1.07. The third kappa shape index (κ3) is 3.48. The van der Waals surface area contributed by atoms with Crippen molar-refractivity contribution in [2.75, 3.05) is 0 Å². The first-order valence-electron chi connectivity index (χ1n) is 11.3. The van der Waals surface area contributed by atoms with E-state index >= 15 is 0 Å². The van der Waals surface area contributed by atoms with Gasteiger partial charge in [0, 0.05) is 10.6 Å². The molecular formula is C26H22Cl2N2O4. The third-order valence-electron chi connectivity index (χ3n) is 7.08. The number of hydrazine groups is 1. The molecule has 5 atom stereocenters. The number of fused-ring (bicyclic) bond motifs is 5. The smallest absolute Gasteiger partial charge is 0.275 e. The molecule has 174 valence electrons. The molecule has 8 heteroatoms. The summed E-state index contributed by atoms with van der Waals surface area (Å²) in [6.45, 7) is 1.74. The van der Waals surface area contributed by atoms with Crippen molar-refractivity contribution in [2.24, 2.45) is 23.7 Å². The van der Waals surface area contributed by atoms with Gasteiger partial charge < -0.3 is 0 Å². The molecule has 1 saturated heterocycles. The van der Waals surface area contributed by atoms with Crippen LogP contribution in [-0.4, -0.2) is 39.6 Å². The number of halogens is 2. The molecular weight excluding hydrogens is 475 g/mol. The molecule has 2 bridgehead atoms. The first-order chi connectivity index (χ1) is 16.3. The molecule has 1 aliphatic heterocycles. The lowest BCUT2D eigenvalue weighted by atomic mass is 9.85. The predicted octanol–water partition coefficient (Wildman–Crippen LogP) is 4.82. The molecule has 2 aliphatic carbocycles. The van der Waals surface area contributed by atoms with E-state index < -0.39 is 35.6 Å². The third-order valence-corrected chi connectivity index (χ3v) is 7.62. The molecule has 3 aliphatic rings. The summed E-state index contributed by atoms with van der Waals surface area (Å²) >= 11 is 12.3. The average Bonchev–Trinajstić information content (AvgIpc) is 3.51. The largest absolute Gasteiger partial charge is 0.292 e. The summed E-state index contributed by atoms with van der Waals surface area (Å²) in [6, 6.07) is 11.8. The van der Waals surface area contributed by atoms with Crippen LogP contribution >= 0.6 is 23.2 Å². The molecule has 2 aromatic carbocycles. The number of imide groups is 1. The van der Waals surface area contributed by atoms with Crippen molar-refractivity contribution in [2.45, 2.75) is 25.8 Å². The highest BCUT2D eigenvalue weighted by atomic mass is 35.5. The zero-order chi connectivity index (χ0) is 24.1. The maximum absolute atomic E-state index is 13.9. The fourth-order valence-corrected chi connectivity index (χ4v) is 6.01. The van der Waals surface area contributed by atoms with Gasteiger partial charge in [0.2, 0.25) is 0 Å². The lowest BCUT2D eigenvalue weighted by molar-refractivity contribution is -0.157. The van der Waals surface area contributed by atoms with Crippen LogP contribution in [-0.2, 0) is 9.59 Å². The van der Waals surface area contributed by atoms with Crippen molar-refractivity contribution >= 4 is 46.7 Å². The lowest BCUT2D eigenvalue weighted by Gasteiger charge is -2.36. The molecule has 1 saturated carbocycles. The van der Waals surface area contributed by atoms with Gasteiger partial charge in [0.25, 0.3) is 17.7 Å². The van der Waals surface area contributed by atoms with Gasteiger partial charge in [-0.25, -0.2) is 5.01 Å². The zero-order valence-electron chi connectivity index (χ0n) is 18.4. The number of benzene rings is 2. The van der Waals surface area contributed by atoms with Crippen LogP contribution in [0.5, 0.6) is 0 Å². The second kappa shape index (κ2) is 8.67. The summed E-state index contributed by atoms with van der Waals surface area (Å²) in [4.78, 5) is 54.6. The Morgan fingerprint density at radius 2 is 1.62 bits per heavy atom. The van der Waals surface area contributed by atoms with Gasteiger partial charge in [-0.1, -0.05) is 72.6 Å². The van der Waals surface area contributed by atoms with E-state index in [-0.39, 0.29) is 34.6 Å². The monoisotopic (exact) mass is 496 g/mol. The maximum Gasteiger partial charge on any atom is 0.275 e. The number of carbonyl (C=O) groups excluding carboxylic acids is 4. The number of ketones is 1. The number of nitrogens with zero attached hydrogens (tertiary/aromatic N) is 2. The normalized spacial score (nSPS) is 25.6. The maximum atomic E-state index is 13.9. The SMILES string of the molecule is CC[C@H](C(=O)c1ccccc1)N(C(=O)c1ccc(Cl)cc1Cl)N1C(=O)[C@H]2[C@H](C1=O)[C@H]1C=C[C@H]2C1. The van der Waals surface area contributed by atoms with Crippen LogP contribution in [0.4, 0.5) is 0 Å². The molecule has 0 spiro atoms. The van der Waals surface area contributed by atoms with Crippen molar-refractivity contribution in [1.29, 1.82) is 0 Å². The van der Waals surface area contributed by atoms with Crippen molar-refractivity contribution in [3.05, 3.63) is 81.9 Å². The Kier molecular flexibility index (Phi) is 5.82. The van der Waals surface area contributed by atoms with Crippen LogP contribution in [0.1, 0.15) is 40.5 Å². The Morgan fingerprint density at radius 3 is 2.18 bits per heavy atom. The highest BCUT2D eigenvalue weighted by molar-refractivity contribution is 6.36. The Morgan fingerprint density at radius 1 is 1.00 bits per heavy atom. The number of amides is 3. The van der Waals surface area contributed by atoms with Crippen molar-refractivity contribution in [3.8, 4) is 0 Å². The number of carbonyl (C=O) groups is 4. The predicted molar refractivity (Wildman–Crippen MR) is 127 cm³/mol. The standard InChI is InChI=1S/C26H22Cl2N2O4/c1-2-20(23(31)14-6-4-3-5-7-14)29(24(32)18-11-10-17(27)13-19(18)28)30-25(33)21-15-8-9-16(12-15)22(21)26(30)34/h3-11,13,15-16,20-22H,2,12H2,1H3/t15-,16-,20+,21+,22+/m0/s1. The second-order valence-corrected chi connectivity index (χ2v) is 9.76. The van der Waals surface area contributed by atoms with Crippen LogP contribution in [0.25, 0.3) is 0 Å². The summed E-state index contributed by atoms with van der Waals surface area (Å²) in [5, 5.41) is 2.37. The summed E-state index contributed by atoms with van der Waals surface area (Å²) in [7, 11) is 0. The molecule has 0 aromatic heterocycles. The molecule has 1 heterocycles. The van der Waals surface area contributed by atoms with E-state index in [1.807, 2.05) is 12.2 Å². The molecule has 5 rings (SSSR count). The van der Waals surface area contributed by atoms with Gasteiger partial charge in [0.15, 0.2) is 5.78 Å². The van der Waals surface area contributed by atoms with Gasteiger partial charge in [0.05, 0.1) is 22.4 Å². The quantitative estimate of drug-likeness (QED) is 0.326. The average molecular weight is 497 g/mol. The summed E-state index contributed by atoms with van der Waals surface area (Å²) < 4.78 is 0. The van der Waals surface area contributed by atoms with Crippen LogP contribution < -0.4 is 0 Å². The van der Waals surface area contributed by atoms with E-state index in [0.29, 0.717) is 10.6 Å². The fourth-order valence-electron chi connectivity index (χ4n) is 5.52. The van der Waals surface area contributed by atoms with Gasteiger partial charge in [-0.2, -0.15) is 5.01 Å². The van der Waals surface area contributed by atoms with E-state index in [9.17, 15) is 19.2 Å². The number of hydrogen-bond donors (Lipinski definition) is 0. The minimum Gasteiger partial charge on any atom is -0.292 e. The molecule has 0 unspecified atom stereocenters. The molecule has 2 aromatic rings. The first kappa shape index (κ1) is 22.8. The molecule has 0 radical (unpaired) electrons. The van der Waals surface area contributed by atoms with Crippen LogP contribution in [0.15, 0.2) is 60.7 Å². The minimum absolute atomic E-state index is 0.0302.